The van der Waals surface area contributed by atoms with Gasteiger partial charge < -0.3 is 19.9 Å². The first kappa shape index (κ1) is 17.8. The van der Waals surface area contributed by atoms with Crippen molar-refractivity contribution in [2.24, 2.45) is 0 Å². The molecule has 1 unspecified atom stereocenters. The molecule has 3 rings (SSSR count). The average Bonchev–Trinajstić information content (AvgIpc) is 3.13. The first-order valence-corrected chi connectivity index (χ1v) is 7.97. The summed E-state index contributed by atoms with van der Waals surface area (Å²) in [7, 11) is 0. The van der Waals surface area contributed by atoms with Crippen molar-refractivity contribution in [1.29, 1.82) is 0 Å². The SMILES string of the molecule is C=Cc1nc2c(N)ncnc2n1[C@H]1CC(OC(C)=O)[C@@H](COC(C)=O)O1. The Bertz CT molecular complexity index is 864. The van der Waals surface area contributed by atoms with Crippen LogP contribution < -0.4 is 5.73 Å². The Hall–Kier alpha value is -3.01. The summed E-state index contributed by atoms with van der Waals surface area (Å²) in [6.07, 6.45) is 1.48. The molecule has 3 heterocycles. The van der Waals surface area contributed by atoms with Crippen LogP contribution >= 0.6 is 0 Å². The number of carbonyl (C=O) groups excluding carboxylic acids is 2. The smallest absolute Gasteiger partial charge is 0.303 e. The van der Waals surface area contributed by atoms with Crippen molar-refractivity contribution in [3.63, 3.8) is 0 Å². The summed E-state index contributed by atoms with van der Waals surface area (Å²) in [6, 6.07) is 0. The van der Waals surface area contributed by atoms with Crippen LogP contribution in [0.15, 0.2) is 12.9 Å². The van der Waals surface area contributed by atoms with Crippen LogP contribution in [0.1, 0.15) is 32.3 Å². The molecule has 2 aromatic rings. The van der Waals surface area contributed by atoms with Crippen molar-refractivity contribution in [2.45, 2.75) is 38.7 Å². The number of fused-ring (bicyclic) bond motifs is 1. The van der Waals surface area contributed by atoms with E-state index < -0.39 is 30.4 Å². The fraction of sp³-hybridized carbons (Fsp3) is 0.438. The molecule has 1 saturated heterocycles. The Morgan fingerprint density at radius 2 is 2.19 bits per heavy atom. The zero-order chi connectivity index (χ0) is 18.8. The van der Waals surface area contributed by atoms with Crippen molar-refractivity contribution in [1.82, 2.24) is 19.5 Å². The number of nitrogens with zero attached hydrogens (tertiary/aromatic N) is 4. The molecule has 0 saturated carbocycles. The normalized spacial score (nSPS) is 22.3. The molecule has 138 valence electrons. The van der Waals surface area contributed by atoms with Crippen molar-refractivity contribution in [3.8, 4) is 0 Å². The quantitative estimate of drug-likeness (QED) is 0.769. The molecule has 0 amide bonds. The van der Waals surface area contributed by atoms with Crippen LogP contribution in [0.2, 0.25) is 0 Å². The highest BCUT2D eigenvalue weighted by Gasteiger charge is 2.40. The van der Waals surface area contributed by atoms with E-state index in [2.05, 4.69) is 21.5 Å². The summed E-state index contributed by atoms with van der Waals surface area (Å²) in [5.74, 6) is -0.160. The van der Waals surface area contributed by atoms with Gasteiger partial charge in [-0.1, -0.05) is 6.58 Å². The zero-order valence-corrected chi connectivity index (χ0v) is 14.4. The third-order valence-electron chi connectivity index (χ3n) is 3.95. The van der Waals surface area contributed by atoms with Crippen molar-refractivity contribution in [3.05, 3.63) is 18.7 Å². The maximum absolute atomic E-state index is 11.4. The molecule has 2 N–H and O–H groups in total. The van der Waals surface area contributed by atoms with E-state index in [-0.39, 0.29) is 12.4 Å². The number of rotatable bonds is 5. The van der Waals surface area contributed by atoms with Crippen LogP contribution in [0.3, 0.4) is 0 Å². The molecule has 1 aliphatic rings. The molecular weight excluding hydrogens is 342 g/mol. The Morgan fingerprint density at radius 3 is 2.85 bits per heavy atom. The van der Waals surface area contributed by atoms with E-state index in [0.717, 1.165) is 0 Å². The van der Waals surface area contributed by atoms with Crippen LogP contribution in [0.25, 0.3) is 17.2 Å². The van der Waals surface area contributed by atoms with Gasteiger partial charge >= 0.3 is 11.9 Å². The van der Waals surface area contributed by atoms with Gasteiger partial charge in [0, 0.05) is 20.3 Å². The Kier molecular flexibility index (Phi) is 4.85. The number of aromatic nitrogens is 4. The number of esters is 2. The Morgan fingerprint density at radius 1 is 1.42 bits per heavy atom. The van der Waals surface area contributed by atoms with E-state index in [1.165, 1.54) is 20.2 Å². The molecule has 26 heavy (non-hydrogen) atoms. The van der Waals surface area contributed by atoms with Crippen LogP contribution in [0.4, 0.5) is 5.82 Å². The minimum Gasteiger partial charge on any atom is -0.463 e. The number of nitrogens with two attached hydrogens (primary N) is 1. The highest BCUT2D eigenvalue weighted by molar-refractivity contribution is 5.83. The van der Waals surface area contributed by atoms with Gasteiger partial charge in [-0.15, -0.1) is 0 Å². The average molecular weight is 361 g/mol. The molecule has 0 radical (unpaired) electrons. The van der Waals surface area contributed by atoms with Crippen LogP contribution in [-0.2, 0) is 23.8 Å². The fourth-order valence-electron chi connectivity index (χ4n) is 2.92. The number of carbonyl (C=O) groups is 2. The standard InChI is InChI=1S/C16H19N5O5/c1-4-12-20-14-15(17)18-7-19-16(14)21(12)13-5-10(25-9(3)23)11(26-13)6-24-8(2)22/h4,7,10-11,13H,1,5-6H2,2-3H3,(H2,17,18,19)/t10?,11-,13-/m1/s1. The first-order valence-electron chi connectivity index (χ1n) is 7.97. The van der Waals surface area contributed by atoms with E-state index in [4.69, 9.17) is 19.9 Å². The number of anilines is 1. The molecule has 10 nitrogen and oxygen atoms in total. The summed E-state index contributed by atoms with van der Waals surface area (Å²) < 4.78 is 18.0. The monoisotopic (exact) mass is 361 g/mol. The van der Waals surface area contributed by atoms with E-state index in [9.17, 15) is 9.59 Å². The lowest BCUT2D eigenvalue weighted by Crippen LogP contribution is -2.31. The molecule has 0 spiro atoms. The molecule has 10 heteroatoms. The van der Waals surface area contributed by atoms with E-state index in [0.29, 0.717) is 23.4 Å². The van der Waals surface area contributed by atoms with Gasteiger partial charge in [0.2, 0.25) is 0 Å². The summed E-state index contributed by atoms with van der Waals surface area (Å²) in [5, 5.41) is 0. The molecule has 2 aromatic heterocycles. The van der Waals surface area contributed by atoms with Crippen LogP contribution in [0, 0.1) is 0 Å². The topological polar surface area (TPSA) is 131 Å². The third-order valence-corrected chi connectivity index (χ3v) is 3.95. The van der Waals surface area contributed by atoms with Crippen LogP contribution in [-0.4, -0.2) is 50.3 Å². The second kappa shape index (κ2) is 7.08. The van der Waals surface area contributed by atoms with Crippen molar-refractivity contribution < 1.29 is 23.8 Å². The first-order chi connectivity index (χ1) is 12.4. The number of hydrogen-bond acceptors (Lipinski definition) is 9. The third kappa shape index (κ3) is 3.36. The summed E-state index contributed by atoms with van der Waals surface area (Å²) in [4.78, 5) is 35.0. The molecule has 0 aromatic carbocycles. The summed E-state index contributed by atoms with van der Waals surface area (Å²) >= 11 is 0. The van der Waals surface area contributed by atoms with Crippen molar-refractivity contribution >= 4 is 35.0 Å². The number of hydrogen-bond donors (Lipinski definition) is 1. The lowest BCUT2D eigenvalue weighted by Gasteiger charge is -2.17. The second-order valence-corrected chi connectivity index (χ2v) is 5.79. The largest absolute Gasteiger partial charge is 0.463 e. The molecule has 1 fully saturated rings. The number of ether oxygens (including phenoxy) is 3. The van der Waals surface area contributed by atoms with Gasteiger partial charge in [-0.2, -0.15) is 0 Å². The fourth-order valence-corrected chi connectivity index (χ4v) is 2.92. The minimum atomic E-state index is -0.609. The number of imidazole rings is 1. The second-order valence-electron chi connectivity index (χ2n) is 5.79. The van der Waals surface area contributed by atoms with Gasteiger partial charge in [-0.3, -0.25) is 14.2 Å². The molecule has 3 atom stereocenters. The predicted octanol–water partition coefficient (Wildman–Crippen LogP) is 0.834. The molecule has 0 aliphatic carbocycles. The van der Waals surface area contributed by atoms with Gasteiger partial charge in [0.1, 0.15) is 37.2 Å². The van der Waals surface area contributed by atoms with E-state index >= 15 is 0 Å². The van der Waals surface area contributed by atoms with Gasteiger partial charge in [0.25, 0.3) is 0 Å². The van der Waals surface area contributed by atoms with Gasteiger partial charge in [-0.05, 0) is 6.08 Å². The zero-order valence-electron chi connectivity index (χ0n) is 14.4. The lowest BCUT2D eigenvalue weighted by molar-refractivity contribution is -0.155. The molecule has 0 bridgehead atoms. The van der Waals surface area contributed by atoms with Crippen LogP contribution in [0.5, 0.6) is 0 Å². The van der Waals surface area contributed by atoms with Gasteiger partial charge in [0.15, 0.2) is 17.0 Å². The van der Waals surface area contributed by atoms with Crippen molar-refractivity contribution in [2.75, 3.05) is 12.3 Å². The van der Waals surface area contributed by atoms with Gasteiger partial charge in [0.05, 0.1) is 0 Å². The van der Waals surface area contributed by atoms with Gasteiger partial charge in [-0.25, -0.2) is 15.0 Å². The highest BCUT2D eigenvalue weighted by Crippen LogP contribution is 2.35. The minimum absolute atomic E-state index is 0.0308. The molecule has 1 aliphatic heterocycles. The van der Waals surface area contributed by atoms with E-state index in [1.54, 1.807) is 10.6 Å². The molecular formula is C16H19N5O5. The maximum atomic E-state index is 11.4. The Balaban J connectivity index is 1.95. The summed E-state index contributed by atoms with van der Waals surface area (Å²) in [5.41, 5.74) is 6.77. The maximum Gasteiger partial charge on any atom is 0.303 e. The Labute approximate surface area is 149 Å². The predicted molar refractivity (Wildman–Crippen MR) is 90.5 cm³/mol. The van der Waals surface area contributed by atoms with E-state index in [1.807, 2.05) is 0 Å². The summed E-state index contributed by atoms with van der Waals surface area (Å²) in [6.45, 7) is 6.33. The number of nitrogen functional groups attached to an aromatic ring is 1. The lowest BCUT2D eigenvalue weighted by atomic mass is 10.2. The highest BCUT2D eigenvalue weighted by atomic mass is 16.6.